The number of benzene rings is 1. The number of alkyl halides is 3. The Bertz CT molecular complexity index is 524. The molecule has 0 heterocycles. The van der Waals surface area contributed by atoms with Gasteiger partial charge in [-0.05, 0) is 30.0 Å². The molecule has 1 aromatic carbocycles. The molecule has 6 heteroatoms. The lowest BCUT2D eigenvalue weighted by Gasteiger charge is -2.31. The van der Waals surface area contributed by atoms with Gasteiger partial charge in [0.1, 0.15) is 5.75 Å². The number of nitrogens with zero attached hydrogens (tertiary/aromatic N) is 1. The molecule has 0 saturated heterocycles. The standard InChI is InChI=1S/C17H22F3NO2/c1-5-14(10-12(2)3)21(16(22)17(18,19)20)11-13-6-8-15(23-4)9-7-13/h5-9,12,14H,1,10-11H2,2-4H3. The van der Waals surface area contributed by atoms with Crippen LogP contribution in [0.5, 0.6) is 5.75 Å². The molecule has 1 aromatic rings. The number of rotatable bonds is 7. The first kappa shape index (κ1) is 19.1. The summed E-state index contributed by atoms with van der Waals surface area (Å²) in [6.07, 6.45) is -3.10. The Balaban J connectivity index is 3.06. The molecule has 0 spiro atoms. The number of methoxy groups -OCH3 is 1. The SMILES string of the molecule is C=CC(CC(C)C)N(Cc1ccc(OC)cc1)C(=O)C(F)(F)F. The van der Waals surface area contributed by atoms with Crippen molar-refractivity contribution in [3.05, 3.63) is 42.5 Å². The Morgan fingerprint density at radius 3 is 2.26 bits per heavy atom. The van der Waals surface area contributed by atoms with Crippen LogP contribution >= 0.6 is 0 Å². The Labute approximate surface area is 134 Å². The highest BCUT2D eigenvalue weighted by Crippen LogP contribution is 2.25. The van der Waals surface area contributed by atoms with Gasteiger partial charge in [0.05, 0.1) is 13.2 Å². The van der Waals surface area contributed by atoms with E-state index in [9.17, 15) is 18.0 Å². The molecule has 0 radical (unpaired) electrons. The fraction of sp³-hybridized carbons (Fsp3) is 0.471. The van der Waals surface area contributed by atoms with E-state index in [2.05, 4.69) is 6.58 Å². The molecule has 23 heavy (non-hydrogen) atoms. The van der Waals surface area contributed by atoms with E-state index >= 15 is 0 Å². The zero-order valence-electron chi connectivity index (χ0n) is 13.6. The zero-order valence-corrected chi connectivity index (χ0v) is 13.6. The summed E-state index contributed by atoms with van der Waals surface area (Å²) >= 11 is 0. The highest BCUT2D eigenvalue weighted by atomic mass is 19.4. The molecule has 0 aromatic heterocycles. The second-order valence-electron chi connectivity index (χ2n) is 5.71. The van der Waals surface area contributed by atoms with Crippen LogP contribution in [0.4, 0.5) is 13.2 Å². The molecule has 1 unspecified atom stereocenters. The minimum Gasteiger partial charge on any atom is -0.497 e. The first-order valence-electron chi connectivity index (χ1n) is 7.32. The van der Waals surface area contributed by atoms with Crippen molar-refractivity contribution in [3.63, 3.8) is 0 Å². The maximum atomic E-state index is 12.9. The van der Waals surface area contributed by atoms with Crippen LogP contribution in [0.2, 0.25) is 0 Å². The quantitative estimate of drug-likeness (QED) is 0.702. The van der Waals surface area contributed by atoms with Crippen molar-refractivity contribution in [2.45, 2.75) is 39.0 Å². The smallest absolute Gasteiger partial charge is 0.471 e. The summed E-state index contributed by atoms with van der Waals surface area (Å²) in [5.41, 5.74) is 0.596. The van der Waals surface area contributed by atoms with Crippen LogP contribution < -0.4 is 4.74 Å². The lowest BCUT2D eigenvalue weighted by Crippen LogP contribution is -2.46. The third-order valence-corrected chi connectivity index (χ3v) is 3.40. The molecule has 1 rings (SSSR count). The Morgan fingerprint density at radius 1 is 1.30 bits per heavy atom. The van der Waals surface area contributed by atoms with Crippen LogP contribution in [0.25, 0.3) is 0 Å². The van der Waals surface area contributed by atoms with Gasteiger partial charge in [0, 0.05) is 6.54 Å². The third-order valence-electron chi connectivity index (χ3n) is 3.40. The van der Waals surface area contributed by atoms with E-state index in [0.717, 1.165) is 4.90 Å². The van der Waals surface area contributed by atoms with Crippen molar-refractivity contribution in [2.24, 2.45) is 5.92 Å². The van der Waals surface area contributed by atoms with E-state index in [1.54, 1.807) is 24.3 Å². The number of hydrogen-bond acceptors (Lipinski definition) is 2. The summed E-state index contributed by atoms with van der Waals surface area (Å²) in [6, 6.07) is 5.91. The van der Waals surface area contributed by atoms with Crippen molar-refractivity contribution < 1.29 is 22.7 Å². The van der Waals surface area contributed by atoms with Crippen LogP contribution in [0, 0.1) is 5.92 Å². The van der Waals surface area contributed by atoms with Crippen LogP contribution in [-0.2, 0) is 11.3 Å². The summed E-state index contributed by atoms with van der Waals surface area (Å²) in [4.78, 5) is 12.6. The molecule has 0 bridgehead atoms. The molecule has 1 amide bonds. The molecular formula is C17H22F3NO2. The highest BCUT2D eigenvalue weighted by molar-refractivity contribution is 5.82. The summed E-state index contributed by atoms with van der Waals surface area (Å²) < 4.78 is 43.7. The first-order chi connectivity index (χ1) is 10.7. The van der Waals surface area contributed by atoms with Gasteiger partial charge < -0.3 is 9.64 Å². The van der Waals surface area contributed by atoms with Crippen molar-refractivity contribution in [3.8, 4) is 5.75 Å². The van der Waals surface area contributed by atoms with Crippen molar-refractivity contribution >= 4 is 5.91 Å². The molecule has 0 fully saturated rings. The second-order valence-corrected chi connectivity index (χ2v) is 5.71. The Kier molecular flexibility index (Phi) is 6.66. The molecular weight excluding hydrogens is 307 g/mol. The van der Waals surface area contributed by atoms with Gasteiger partial charge in [-0.2, -0.15) is 13.2 Å². The van der Waals surface area contributed by atoms with Gasteiger partial charge in [-0.3, -0.25) is 4.79 Å². The van der Waals surface area contributed by atoms with Gasteiger partial charge in [-0.1, -0.05) is 32.1 Å². The Morgan fingerprint density at radius 2 is 1.87 bits per heavy atom. The van der Waals surface area contributed by atoms with E-state index in [1.165, 1.54) is 13.2 Å². The third kappa shape index (κ3) is 5.62. The molecule has 0 N–H and O–H groups in total. The number of amides is 1. The van der Waals surface area contributed by atoms with Gasteiger partial charge in [-0.25, -0.2) is 0 Å². The maximum absolute atomic E-state index is 12.9. The van der Waals surface area contributed by atoms with E-state index < -0.39 is 18.1 Å². The molecule has 0 aliphatic carbocycles. The van der Waals surface area contributed by atoms with Gasteiger partial charge in [-0.15, -0.1) is 6.58 Å². The van der Waals surface area contributed by atoms with E-state index in [4.69, 9.17) is 4.74 Å². The normalized spacial score (nSPS) is 12.8. The largest absolute Gasteiger partial charge is 0.497 e. The van der Waals surface area contributed by atoms with E-state index in [0.29, 0.717) is 17.7 Å². The van der Waals surface area contributed by atoms with Gasteiger partial charge in [0.25, 0.3) is 0 Å². The molecule has 1 atom stereocenters. The van der Waals surface area contributed by atoms with Gasteiger partial charge in [0.2, 0.25) is 0 Å². The van der Waals surface area contributed by atoms with Crippen LogP contribution in [0.15, 0.2) is 36.9 Å². The molecule has 3 nitrogen and oxygen atoms in total. The van der Waals surface area contributed by atoms with Gasteiger partial charge in [0.15, 0.2) is 0 Å². The maximum Gasteiger partial charge on any atom is 0.471 e. The number of ether oxygens (including phenoxy) is 1. The minimum atomic E-state index is -4.91. The Hall–Kier alpha value is -1.98. The van der Waals surface area contributed by atoms with E-state index in [-0.39, 0.29) is 12.5 Å². The van der Waals surface area contributed by atoms with Crippen molar-refractivity contribution in [1.82, 2.24) is 4.90 Å². The van der Waals surface area contributed by atoms with Crippen molar-refractivity contribution in [1.29, 1.82) is 0 Å². The monoisotopic (exact) mass is 329 g/mol. The molecule has 0 aliphatic rings. The summed E-state index contributed by atoms with van der Waals surface area (Å²) in [7, 11) is 1.50. The summed E-state index contributed by atoms with van der Waals surface area (Å²) in [5.74, 6) is -1.11. The van der Waals surface area contributed by atoms with Gasteiger partial charge >= 0.3 is 12.1 Å². The van der Waals surface area contributed by atoms with Crippen LogP contribution in [-0.4, -0.2) is 30.1 Å². The van der Waals surface area contributed by atoms with Crippen LogP contribution in [0.1, 0.15) is 25.8 Å². The fourth-order valence-electron chi connectivity index (χ4n) is 2.26. The predicted molar refractivity (Wildman–Crippen MR) is 83.0 cm³/mol. The van der Waals surface area contributed by atoms with Crippen molar-refractivity contribution in [2.75, 3.05) is 7.11 Å². The fourth-order valence-corrected chi connectivity index (χ4v) is 2.26. The number of halogens is 3. The van der Waals surface area contributed by atoms with E-state index in [1.807, 2.05) is 13.8 Å². The summed E-state index contributed by atoms with van der Waals surface area (Å²) in [6.45, 7) is 7.23. The topological polar surface area (TPSA) is 29.5 Å². The summed E-state index contributed by atoms with van der Waals surface area (Å²) in [5, 5.41) is 0. The number of hydrogen-bond donors (Lipinski definition) is 0. The molecule has 128 valence electrons. The molecule has 0 saturated carbocycles. The number of carbonyl (C=O) groups is 1. The lowest BCUT2D eigenvalue weighted by molar-refractivity contribution is -0.188. The average Bonchev–Trinajstić information content (AvgIpc) is 2.49. The molecule has 0 aliphatic heterocycles. The minimum absolute atomic E-state index is 0.133. The predicted octanol–water partition coefficient (Wildman–Crippen LogP) is 4.19. The lowest BCUT2D eigenvalue weighted by atomic mass is 10.0. The first-order valence-corrected chi connectivity index (χ1v) is 7.32. The zero-order chi connectivity index (χ0) is 17.6. The number of carbonyl (C=O) groups excluding carboxylic acids is 1. The van der Waals surface area contributed by atoms with Crippen LogP contribution in [0.3, 0.4) is 0 Å². The average molecular weight is 329 g/mol. The second kappa shape index (κ2) is 8.04. The highest BCUT2D eigenvalue weighted by Gasteiger charge is 2.44.